The zero-order chi connectivity index (χ0) is 9.90. The quantitative estimate of drug-likeness (QED) is 0.692. The maximum atomic E-state index is 11.6. The lowest BCUT2D eigenvalue weighted by molar-refractivity contribution is -0.274. The molecule has 0 N–H and O–H groups in total. The van der Waals surface area contributed by atoms with Gasteiger partial charge >= 0.3 is 6.36 Å². The molecule has 2 nitrogen and oxygen atoms in total. The Morgan fingerprint density at radius 1 is 1.62 bits per heavy atom. The van der Waals surface area contributed by atoms with Gasteiger partial charge < -0.3 is 4.74 Å². The Morgan fingerprint density at radius 3 is 2.85 bits per heavy atom. The van der Waals surface area contributed by atoms with Gasteiger partial charge in [-0.3, -0.25) is 0 Å². The van der Waals surface area contributed by atoms with Crippen LogP contribution in [0.5, 0.6) is 5.19 Å². The highest BCUT2D eigenvalue weighted by molar-refractivity contribution is 7.11. The van der Waals surface area contributed by atoms with E-state index in [0.717, 1.165) is 11.3 Å². The molecule has 6 heteroatoms. The molecule has 69 valence electrons. The summed E-state index contributed by atoms with van der Waals surface area (Å²) in [7, 11) is 0. The Balaban J connectivity index is 2.65. The molecule has 0 saturated carbocycles. The summed E-state index contributed by atoms with van der Waals surface area (Å²) in [5, 5.41) is 0.912. The van der Waals surface area contributed by atoms with Gasteiger partial charge in [-0.15, -0.1) is 19.6 Å². The average molecular weight is 206 g/mol. The van der Waals surface area contributed by atoms with Crippen molar-refractivity contribution in [1.82, 2.24) is 4.98 Å². The van der Waals surface area contributed by atoms with Crippen molar-refractivity contribution in [3.8, 4) is 17.5 Å². The minimum absolute atomic E-state index is 0.284. The van der Waals surface area contributed by atoms with E-state index in [2.05, 4.69) is 15.6 Å². The number of terminal acetylenes is 1. The molecule has 0 atom stereocenters. The van der Waals surface area contributed by atoms with E-state index in [0.29, 0.717) is 0 Å². The maximum absolute atomic E-state index is 11.6. The first-order valence-electron chi connectivity index (χ1n) is 3.02. The summed E-state index contributed by atoms with van der Waals surface area (Å²) in [6, 6.07) is 0. The van der Waals surface area contributed by atoms with Gasteiger partial charge in [0.2, 0.25) is 0 Å². The number of halogens is 3. The lowest BCUT2D eigenvalue weighted by Gasteiger charge is -2.03. The first-order valence-corrected chi connectivity index (χ1v) is 3.90. The maximum Gasteiger partial charge on any atom is 0.574 e. The highest BCUT2D eigenvalue weighted by Crippen LogP contribution is 2.26. The van der Waals surface area contributed by atoms with Gasteiger partial charge in [-0.1, -0.05) is 17.3 Å². The summed E-state index contributed by atoms with van der Waals surface area (Å²) in [6.07, 6.45) is 1.44. The van der Waals surface area contributed by atoms with E-state index in [1.807, 2.05) is 0 Å². The van der Waals surface area contributed by atoms with Crippen LogP contribution >= 0.6 is 11.3 Å². The molecule has 0 unspecified atom stereocenters. The minimum Gasteiger partial charge on any atom is -0.378 e. The van der Waals surface area contributed by atoms with Gasteiger partial charge in [-0.2, -0.15) is 0 Å². The third-order valence-corrected chi connectivity index (χ3v) is 1.67. The van der Waals surface area contributed by atoms with Gasteiger partial charge in [0.05, 0.1) is 12.1 Å². The zero-order valence-corrected chi connectivity index (χ0v) is 6.95. The van der Waals surface area contributed by atoms with Crippen LogP contribution in [0.4, 0.5) is 13.2 Å². The fourth-order valence-electron chi connectivity index (χ4n) is 0.566. The molecule has 1 rings (SSSR count). The number of hydrogen-bond donors (Lipinski definition) is 0. The molecular weight excluding hydrogens is 203 g/mol. The van der Waals surface area contributed by atoms with Crippen LogP contribution in [0.3, 0.4) is 0 Å². The van der Waals surface area contributed by atoms with Crippen LogP contribution < -0.4 is 4.74 Å². The molecule has 0 bridgehead atoms. The molecule has 1 aromatic rings. The number of aromatic nitrogens is 1. The monoisotopic (exact) mass is 206 g/mol. The van der Waals surface area contributed by atoms with Crippen molar-refractivity contribution in [2.24, 2.45) is 0 Å². The van der Waals surface area contributed by atoms with Crippen LogP contribution in [0.2, 0.25) is 0 Å². The summed E-state index contributed by atoms with van der Waals surface area (Å²) in [4.78, 5) is 3.46. The molecule has 0 saturated heterocycles. The predicted octanol–water partition coefficient (Wildman–Crippen LogP) is 2.23. The van der Waals surface area contributed by atoms with Gasteiger partial charge in [-0.05, 0) is 0 Å². The first-order chi connectivity index (χ1) is 6.01. The normalized spacial score (nSPS) is 10.9. The molecule has 0 aliphatic heterocycles. The molecule has 0 fully saturated rings. The highest BCUT2D eigenvalue weighted by Gasteiger charge is 2.32. The second kappa shape index (κ2) is 3.66. The van der Waals surface area contributed by atoms with Crippen LogP contribution in [-0.4, -0.2) is 11.3 Å². The smallest absolute Gasteiger partial charge is 0.378 e. The molecule has 0 spiro atoms. The standard InChI is InChI=1S/C7H3F3NOS/c1-2-3-5-4-13-6(11-5)12-7(8,9)10/h1,3-4H. The Labute approximate surface area is 76.4 Å². The second-order valence-electron chi connectivity index (χ2n) is 1.90. The fourth-order valence-corrected chi connectivity index (χ4v) is 1.21. The molecular formula is C7H3F3NOS. The molecule has 1 heterocycles. The van der Waals surface area contributed by atoms with Gasteiger partial charge in [0.15, 0.2) is 0 Å². The number of nitrogens with zero attached hydrogens (tertiary/aromatic N) is 1. The van der Waals surface area contributed by atoms with Crippen LogP contribution in [0.1, 0.15) is 5.69 Å². The van der Waals surface area contributed by atoms with Crippen molar-refractivity contribution in [2.45, 2.75) is 6.36 Å². The van der Waals surface area contributed by atoms with Crippen molar-refractivity contribution in [3.63, 3.8) is 0 Å². The highest BCUT2D eigenvalue weighted by atomic mass is 32.1. The van der Waals surface area contributed by atoms with Crippen LogP contribution in [0.15, 0.2) is 5.38 Å². The Hall–Kier alpha value is -1.22. The van der Waals surface area contributed by atoms with Crippen molar-refractivity contribution in [2.75, 3.05) is 0 Å². The van der Waals surface area contributed by atoms with Gasteiger partial charge in [0.25, 0.3) is 5.19 Å². The van der Waals surface area contributed by atoms with Gasteiger partial charge in [0.1, 0.15) is 0 Å². The van der Waals surface area contributed by atoms with Crippen molar-refractivity contribution in [3.05, 3.63) is 17.5 Å². The third-order valence-electron chi connectivity index (χ3n) is 0.935. The van der Waals surface area contributed by atoms with Gasteiger partial charge in [-0.25, -0.2) is 4.98 Å². The summed E-state index contributed by atoms with van der Waals surface area (Å²) in [6.45, 7) is 0. The molecule has 0 aliphatic carbocycles. The SMILES string of the molecule is C#C[CH]c1csc(OC(F)(F)F)n1. The second-order valence-corrected chi connectivity index (χ2v) is 2.72. The topological polar surface area (TPSA) is 22.1 Å². The lowest BCUT2D eigenvalue weighted by atomic mass is 10.4. The minimum atomic E-state index is -4.70. The van der Waals surface area contributed by atoms with Crippen molar-refractivity contribution in [1.29, 1.82) is 0 Å². The third kappa shape index (κ3) is 3.34. The number of thiazole rings is 1. The Morgan fingerprint density at radius 2 is 2.31 bits per heavy atom. The van der Waals surface area contributed by atoms with Crippen LogP contribution in [0, 0.1) is 18.8 Å². The molecule has 1 radical (unpaired) electrons. The van der Waals surface area contributed by atoms with E-state index in [9.17, 15) is 13.2 Å². The summed E-state index contributed by atoms with van der Waals surface area (Å²) in [5.41, 5.74) is 0.284. The number of rotatable bonds is 2. The fraction of sp³-hybridized carbons (Fsp3) is 0.143. The number of alkyl halides is 3. The van der Waals surface area contributed by atoms with E-state index >= 15 is 0 Å². The van der Waals surface area contributed by atoms with Crippen molar-refractivity contribution >= 4 is 11.3 Å². The zero-order valence-electron chi connectivity index (χ0n) is 6.13. The lowest BCUT2D eigenvalue weighted by Crippen LogP contribution is -2.16. The summed E-state index contributed by atoms with van der Waals surface area (Å²) >= 11 is 0.736. The molecule has 13 heavy (non-hydrogen) atoms. The number of hydrogen-bond acceptors (Lipinski definition) is 3. The van der Waals surface area contributed by atoms with E-state index < -0.39 is 11.6 Å². The van der Waals surface area contributed by atoms with Gasteiger partial charge in [0, 0.05) is 5.38 Å². The van der Waals surface area contributed by atoms with E-state index in [1.54, 1.807) is 0 Å². The molecule has 0 amide bonds. The molecule has 0 aliphatic rings. The van der Waals surface area contributed by atoms with Crippen molar-refractivity contribution < 1.29 is 17.9 Å². The molecule has 1 aromatic heterocycles. The summed E-state index contributed by atoms with van der Waals surface area (Å²) in [5.74, 6) is 2.14. The average Bonchev–Trinajstić information content (AvgIpc) is 2.33. The Kier molecular flexibility index (Phi) is 2.78. The summed E-state index contributed by atoms with van der Waals surface area (Å²) < 4.78 is 38.4. The largest absolute Gasteiger partial charge is 0.574 e. The van der Waals surface area contributed by atoms with E-state index in [1.165, 1.54) is 11.8 Å². The van der Waals surface area contributed by atoms with Crippen LogP contribution in [-0.2, 0) is 0 Å². The number of ether oxygens (including phenoxy) is 1. The van der Waals surface area contributed by atoms with E-state index in [4.69, 9.17) is 6.42 Å². The predicted molar refractivity (Wildman–Crippen MR) is 41.0 cm³/mol. The molecule has 0 aromatic carbocycles. The van der Waals surface area contributed by atoms with E-state index in [-0.39, 0.29) is 5.69 Å². The Bertz CT molecular complexity index is 325. The first kappa shape index (κ1) is 9.86. The van der Waals surface area contributed by atoms with Crippen LogP contribution in [0.25, 0.3) is 0 Å².